The number of rotatable bonds is 6. The molecule has 0 aromatic heterocycles. The van der Waals surface area contributed by atoms with Crippen molar-refractivity contribution in [3.8, 4) is 0 Å². The van der Waals surface area contributed by atoms with Crippen molar-refractivity contribution in [2.24, 2.45) is 5.92 Å². The molecule has 0 aliphatic carbocycles. The number of benzene rings is 1. The van der Waals surface area contributed by atoms with Gasteiger partial charge in [0.1, 0.15) is 6.61 Å². The largest absolute Gasteiger partial charge is 0.481 e. The molecule has 0 spiro atoms. The fourth-order valence-corrected chi connectivity index (χ4v) is 2.92. The van der Waals surface area contributed by atoms with E-state index in [4.69, 9.17) is 16.3 Å². The van der Waals surface area contributed by atoms with Gasteiger partial charge in [-0.2, -0.15) is 0 Å². The number of alkyl carbamates (subject to hydrolysis) is 1. The van der Waals surface area contributed by atoms with E-state index in [0.29, 0.717) is 31.9 Å². The van der Waals surface area contributed by atoms with E-state index < -0.39 is 24.0 Å². The van der Waals surface area contributed by atoms with Gasteiger partial charge in [-0.3, -0.25) is 4.79 Å². The third kappa shape index (κ3) is 5.41. The molecule has 2 atom stereocenters. The molecule has 1 amide bonds. The van der Waals surface area contributed by atoms with Crippen molar-refractivity contribution in [3.05, 3.63) is 35.9 Å². The lowest BCUT2D eigenvalue weighted by Gasteiger charge is -2.36. The Morgan fingerprint density at radius 1 is 1.35 bits per heavy atom. The molecule has 126 valence electrons. The predicted molar refractivity (Wildman–Crippen MR) is 86.5 cm³/mol. The first kappa shape index (κ1) is 17.6. The van der Waals surface area contributed by atoms with Crippen LogP contribution in [0.25, 0.3) is 0 Å². The van der Waals surface area contributed by atoms with Crippen LogP contribution in [0, 0.1) is 5.92 Å². The van der Waals surface area contributed by atoms with Gasteiger partial charge >= 0.3 is 12.1 Å². The van der Waals surface area contributed by atoms with Crippen molar-refractivity contribution in [1.29, 1.82) is 0 Å². The van der Waals surface area contributed by atoms with E-state index in [0.717, 1.165) is 5.56 Å². The number of carbonyl (C=O) groups is 2. The zero-order chi connectivity index (χ0) is 16.7. The molecule has 7 heteroatoms. The number of aliphatic carboxylic acids is 1. The second kappa shape index (κ2) is 8.74. The fraction of sp³-hybridized carbons (Fsp3) is 0.500. The summed E-state index contributed by atoms with van der Waals surface area (Å²) in [6, 6.07) is 8.90. The van der Waals surface area contributed by atoms with Crippen LogP contribution in [0.15, 0.2) is 30.3 Å². The number of carboxylic acid groups (broad SMARTS) is 1. The highest BCUT2D eigenvalue weighted by Gasteiger charge is 2.35. The third-order valence-electron chi connectivity index (χ3n) is 3.93. The molecule has 1 heterocycles. The molecule has 1 aromatic rings. The zero-order valence-electron chi connectivity index (χ0n) is 12.8. The fourth-order valence-electron chi connectivity index (χ4n) is 2.68. The lowest BCUT2D eigenvalue weighted by molar-refractivity contribution is -0.144. The summed E-state index contributed by atoms with van der Waals surface area (Å²) in [6.07, 6.45) is -0.0234. The summed E-state index contributed by atoms with van der Waals surface area (Å²) in [6.45, 7) is 1.90. The molecular formula is C16H21ClN2O4. The van der Waals surface area contributed by atoms with Gasteiger partial charge in [0.05, 0.1) is 5.92 Å². The Morgan fingerprint density at radius 2 is 2.09 bits per heavy atom. The Hall–Kier alpha value is -1.79. The highest BCUT2D eigenvalue weighted by molar-refractivity contribution is 6.18. The minimum atomic E-state index is -0.919. The van der Waals surface area contributed by atoms with E-state index in [-0.39, 0.29) is 6.61 Å². The number of ether oxygens (including phenoxy) is 1. The van der Waals surface area contributed by atoms with E-state index >= 15 is 0 Å². The summed E-state index contributed by atoms with van der Waals surface area (Å²) in [4.78, 5) is 25.3. The van der Waals surface area contributed by atoms with Gasteiger partial charge in [0.25, 0.3) is 0 Å². The quantitative estimate of drug-likeness (QED) is 0.774. The van der Waals surface area contributed by atoms with Crippen LogP contribution in [0.4, 0.5) is 4.79 Å². The number of hydrogen-bond acceptors (Lipinski definition) is 4. The summed E-state index contributed by atoms with van der Waals surface area (Å²) < 4.78 is 5.16. The van der Waals surface area contributed by atoms with Crippen LogP contribution in [0.2, 0.25) is 0 Å². The van der Waals surface area contributed by atoms with Crippen LogP contribution in [0.5, 0.6) is 0 Å². The normalized spacial score (nSPS) is 21.6. The summed E-state index contributed by atoms with van der Waals surface area (Å²) >= 11 is 5.70. The van der Waals surface area contributed by atoms with E-state index in [1.54, 1.807) is 0 Å². The Balaban J connectivity index is 1.85. The van der Waals surface area contributed by atoms with Crippen molar-refractivity contribution in [2.45, 2.75) is 19.1 Å². The van der Waals surface area contributed by atoms with E-state index in [9.17, 15) is 14.7 Å². The highest BCUT2D eigenvalue weighted by Crippen LogP contribution is 2.18. The second-order valence-electron chi connectivity index (χ2n) is 5.54. The van der Waals surface area contributed by atoms with E-state index in [1.807, 2.05) is 35.2 Å². The van der Waals surface area contributed by atoms with Gasteiger partial charge < -0.3 is 20.1 Å². The van der Waals surface area contributed by atoms with Crippen molar-refractivity contribution < 1.29 is 19.4 Å². The molecule has 1 saturated heterocycles. The number of halogens is 1. The smallest absolute Gasteiger partial charge is 0.407 e. The first-order valence-electron chi connectivity index (χ1n) is 7.58. The van der Waals surface area contributed by atoms with Gasteiger partial charge in [-0.15, -0.1) is 11.6 Å². The lowest BCUT2D eigenvalue weighted by atomic mass is 9.92. The zero-order valence-corrected chi connectivity index (χ0v) is 13.5. The molecular weight excluding hydrogens is 320 g/mol. The first-order valence-corrected chi connectivity index (χ1v) is 8.12. The maximum absolute atomic E-state index is 11.9. The van der Waals surface area contributed by atoms with Gasteiger partial charge in [-0.25, -0.2) is 4.79 Å². The van der Waals surface area contributed by atoms with Crippen molar-refractivity contribution in [1.82, 2.24) is 10.2 Å². The summed E-state index contributed by atoms with van der Waals surface area (Å²) in [5, 5.41) is 12.0. The van der Waals surface area contributed by atoms with Crippen LogP contribution in [0.3, 0.4) is 0 Å². The van der Waals surface area contributed by atoms with Crippen LogP contribution in [0.1, 0.15) is 12.0 Å². The Bertz CT molecular complexity index is 526. The van der Waals surface area contributed by atoms with Gasteiger partial charge in [0, 0.05) is 31.6 Å². The highest BCUT2D eigenvalue weighted by atomic mass is 35.5. The number of piperidine rings is 1. The molecule has 0 saturated carbocycles. The minimum Gasteiger partial charge on any atom is -0.481 e. The summed E-state index contributed by atoms with van der Waals surface area (Å²) in [5.41, 5.74) is 0.884. The SMILES string of the molecule is O=C(N[C@@H]1CCN(CCCl)C[C@@H]1C(=O)O)OCc1ccccc1. The Labute approximate surface area is 140 Å². The number of carboxylic acids is 1. The number of carbonyl (C=O) groups excluding carboxylic acids is 1. The topological polar surface area (TPSA) is 78.9 Å². The van der Waals surface area contributed by atoms with Crippen molar-refractivity contribution >= 4 is 23.7 Å². The number of nitrogens with zero attached hydrogens (tertiary/aromatic N) is 1. The molecule has 6 nitrogen and oxygen atoms in total. The van der Waals surface area contributed by atoms with Gasteiger partial charge in [0.2, 0.25) is 0 Å². The number of alkyl halides is 1. The molecule has 23 heavy (non-hydrogen) atoms. The van der Waals surface area contributed by atoms with Gasteiger partial charge in [-0.05, 0) is 12.0 Å². The Kier molecular flexibility index (Phi) is 6.67. The molecule has 1 aliphatic rings. The lowest BCUT2D eigenvalue weighted by Crippen LogP contribution is -2.53. The van der Waals surface area contributed by atoms with E-state index in [1.165, 1.54) is 0 Å². The standard InChI is InChI=1S/C16H21ClN2O4/c17-7-9-19-8-6-14(13(10-19)15(20)21)18-16(22)23-11-12-4-2-1-3-5-12/h1-5,13-14H,6-11H2,(H,18,22)(H,20,21)/t13-,14+/m0/s1. The number of likely N-dealkylation sites (tertiary alicyclic amines) is 1. The third-order valence-corrected chi connectivity index (χ3v) is 4.10. The number of hydrogen-bond donors (Lipinski definition) is 2. The maximum Gasteiger partial charge on any atom is 0.407 e. The van der Waals surface area contributed by atoms with E-state index in [2.05, 4.69) is 5.32 Å². The minimum absolute atomic E-state index is 0.162. The molecule has 1 aromatic carbocycles. The average Bonchev–Trinajstić information content (AvgIpc) is 2.55. The van der Waals surface area contributed by atoms with Gasteiger partial charge in [0.15, 0.2) is 0 Å². The van der Waals surface area contributed by atoms with Crippen LogP contribution < -0.4 is 5.32 Å². The Morgan fingerprint density at radius 3 is 2.74 bits per heavy atom. The van der Waals surface area contributed by atoms with Crippen LogP contribution >= 0.6 is 11.6 Å². The molecule has 0 radical (unpaired) electrons. The maximum atomic E-state index is 11.9. The molecule has 2 rings (SSSR count). The van der Waals surface area contributed by atoms with Crippen LogP contribution in [-0.4, -0.2) is 53.6 Å². The summed E-state index contributed by atoms with van der Waals surface area (Å²) in [5.74, 6) is -1.11. The molecule has 2 N–H and O–H groups in total. The number of amides is 1. The monoisotopic (exact) mass is 340 g/mol. The summed E-state index contributed by atoms with van der Waals surface area (Å²) in [7, 11) is 0. The molecule has 0 unspecified atom stereocenters. The number of nitrogens with one attached hydrogen (secondary N) is 1. The second-order valence-corrected chi connectivity index (χ2v) is 5.91. The predicted octanol–water partition coefficient (Wildman–Crippen LogP) is 1.93. The van der Waals surface area contributed by atoms with Crippen LogP contribution in [-0.2, 0) is 16.1 Å². The average molecular weight is 341 g/mol. The van der Waals surface area contributed by atoms with Crippen molar-refractivity contribution in [3.63, 3.8) is 0 Å². The molecule has 1 aliphatic heterocycles. The van der Waals surface area contributed by atoms with Crippen molar-refractivity contribution in [2.75, 3.05) is 25.5 Å². The van der Waals surface area contributed by atoms with Gasteiger partial charge in [-0.1, -0.05) is 30.3 Å². The molecule has 1 fully saturated rings. The first-order chi connectivity index (χ1) is 11.1. The molecule has 0 bridgehead atoms.